The normalized spacial score (nSPS) is 14.8. The maximum atomic E-state index is 12.5. The molecule has 0 bridgehead atoms. The van der Waals surface area contributed by atoms with Crippen LogP contribution in [0.4, 0.5) is 5.69 Å². The Balaban J connectivity index is 1.49. The molecule has 132 valence electrons. The van der Waals surface area contributed by atoms with Gasteiger partial charge in [0, 0.05) is 32.7 Å². The summed E-state index contributed by atoms with van der Waals surface area (Å²) in [5, 5.41) is 9.97. The summed E-state index contributed by atoms with van der Waals surface area (Å²) in [5.74, 6) is 0.459. The number of benzene rings is 2. The zero-order valence-electron chi connectivity index (χ0n) is 14.6. The van der Waals surface area contributed by atoms with Crippen LogP contribution < -0.4 is 4.90 Å². The summed E-state index contributed by atoms with van der Waals surface area (Å²) >= 11 is 0. The Hall–Kier alpha value is -2.53. The first-order chi connectivity index (χ1) is 12.1. The Kier molecular flexibility index (Phi) is 5.56. The average molecular weight is 339 g/mol. The molecule has 0 spiro atoms. The first-order valence-electron chi connectivity index (χ1n) is 8.66. The van der Waals surface area contributed by atoms with Crippen molar-refractivity contribution < 1.29 is 9.90 Å². The van der Waals surface area contributed by atoms with E-state index < -0.39 is 0 Å². The first kappa shape index (κ1) is 17.3. The van der Waals surface area contributed by atoms with E-state index in [1.54, 1.807) is 6.07 Å². The van der Waals surface area contributed by atoms with Crippen molar-refractivity contribution in [3.05, 3.63) is 60.2 Å². The first-order valence-corrected chi connectivity index (χ1v) is 8.66. The van der Waals surface area contributed by atoms with Crippen LogP contribution in [-0.4, -0.2) is 60.6 Å². The van der Waals surface area contributed by atoms with Gasteiger partial charge < -0.3 is 14.9 Å². The van der Waals surface area contributed by atoms with Crippen molar-refractivity contribution in [2.24, 2.45) is 0 Å². The van der Waals surface area contributed by atoms with Crippen molar-refractivity contribution in [1.29, 1.82) is 0 Å². The van der Waals surface area contributed by atoms with Crippen LogP contribution in [0.2, 0.25) is 0 Å². The second-order valence-corrected chi connectivity index (χ2v) is 6.51. The minimum atomic E-state index is 0.162. The molecule has 3 rings (SSSR count). The van der Waals surface area contributed by atoms with E-state index in [2.05, 4.69) is 17.0 Å². The molecule has 2 aromatic rings. The molecule has 2 aromatic carbocycles. The van der Waals surface area contributed by atoms with Crippen molar-refractivity contribution in [3.8, 4) is 5.75 Å². The van der Waals surface area contributed by atoms with Crippen molar-refractivity contribution >= 4 is 11.6 Å². The third-order valence-corrected chi connectivity index (χ3v) is 4.56. The molecule has 0 atom stereocenters. The number of anilines is 1. The van der Waals surface area contributed by atoms with Gasteiger partial charge in [0.15, 0.2) is 0 Å². The number of hydrogen-bond acceptors (Lipinski definition) is 4. The topological polar surface area (TPSA) is 47.0 Å². The van der Waals surface area contributed by atoms with Gasteiger partial charge in [-0.2, -0.15) is 0 Å². The standard InChI is InChI=1S/C20H25N3O2/c1-21(15-17-7-3-2-4-8-17)16-20(25)23-13-11-22(12-14-23)18-9-5-6-10-19(18)24/h2-10,24H,11-16H2,1H3. The molecular formula is C20H25N3O2. The highest BCUT2D eigenvalue weighted by molar-refractivity contribution is 5.78. The van der Waals surface area contributed by atoms with Gasteiger partial charge in [-0.3, -0.25) is 9.69 Å². The SMILES string of the molecule is CN(CC(=O)N1CCN(c2ccccc2O)CC1)Cc1ccccc1. The van der Waals surface area contributed by atoms with Crippen LogP contribution in [0.25, 0.3) is 0 Å². The van der Waals surface area contributed by atoms with Gasteiger partial charge in [-0.15, -0.1) is 0 Å². The molecule has 1 fully saturated rings. The molecule has 1 amide bonds. The number of para-hydroxylation sites is 2. The van der Waals surface area contributed by atoms with E-state index >= 15 is 0 Å². The number of phenols is 1. The van der Waals surface area contributed by atoms with Gasteiger partial charge in [-0.1, -0.05) is 42.5 Å². The minimum Gasteiger partial charge on any atom is -0.506 e. The molecular weight excluding hydrogens is 314 g/mol. The zero-order chi connectivity index (χ0) is 17.6. The monoisotopic (exact) mass is 339 g/mol. The minimum absolute atomic E-state index is 0.162. The Morgan fingerprint density at radius 1 is 1.00 bits per heavy atom. The second kappa shape index (κ2) is 8.03. The van der Waals surface area contributed by atoms with Crippen LogP contribution in [0, 0.1) is 0 Å². The van der Waals surface area contributed by atoms with E-state index in [9.17, 15) is 9.90 Å². The van der Waals surface area contributed by atoms with Crippen LogP contribution in [0.3, 0.4) is 0 Å². The Morgan fingerprint density at radius 2 is 1.64 bits per heavy atom. The van der Waals surface area contributed by atoms with Gasteiger partial charge in [0.1, 0.15) is 5.75 Å². The number of amides is 1. The molecule has 0 aromatic heterocycles. The molecule has 1 aliphatic rings. The van der Waals surface area contributed by atoms with Gasteiger partial charge >= 0.3 is 0 Å². The molecule has 0 unspecified atom stereocenters. The molecule has 1 aliphatic heterocycles. The molecule has 1 heterocycles. The van der Waals surface area contributed by atoms with Gasteiger partial charge in [0.05, 0.1) is 12.2 Å². The van der Waals surface area contributed by atoms with Crippen molar-refractivity contribution in [3.63, 3.8) is 0 Å². The van der Waals surface area contributed by atoms with Gasteiger partial charge in [-0.05, 0) is 24.7 Å². The number of hydrogen-bond donors (Lipinski definition) is 1. The number of aromatic hydroxyl groups is 1. The smallest absolute Gasteiger partial charge is 0.236 e. The van der Waals surface area contributed by atoms with Crippen LogP contribution in [-0.2, 0) is 11.3 Å². The number of carbonyl (C=O) groups is 1. The van der Waals surface area contributed by atoms with E-state index in [0.29, 0.717) is 25.4 Å². The van der Waals surface area contributed by atoms with Crippen molar-refractivity contribution in [2.45, 2.75) is 6.54 Å². The lowest BCUT2D eigenvalue weighted by Gasteiger charge is -2.37. The van der Waals surface area contributed by atoms with Crippen molar-refractivity contribution in [2.75, 3.05) is 44.7 Å². The van der Waals surface area contributed by atoms with Gasteiger partial charge in [-0.25, -0.2) is 0 Å². The highest BCUT2D eigenvalue weighted by atomic mass is 16.3. The molecule has 25 heavy (non-hydrogen) atoms. The third kappa shape index (κ3) is 4.51. The fraction of sp³-hybridized carbons (Fsp3) is 0.350. The molecule has 0 saturated carbocycles. The van der Waals surface area contributed by atoms with E-state index in [1.807, 2.05) is 53.2 Å². The summed E-state index contributed by atoms with van der Waals surface area (Å²) in [4.78, 5) is 18.6. The van der Waals surface area contributed by atoms with E-state index in [1.165, 1.54) is 5.56 Å². The van der Waals surface area contributed by atoms with Crippen LogP contribution >= 0.6 is 0 Å². The van der Waals surface area contributed by atoms with E-state index in [0.717, 1.165) is 25.3 Å². The second-order valence-electron chi connectivity index (χ2n) is 6.51. The van der Waals surface area contributed by atoms with Crippen LogP contribution in [0.15, 0.2) is 54.6 Å². The van der Waals surface area contributed by atoms with E-state index in [-0.39, 0.29) is 5.91 Å². The Morgan fingerprint density at radius 3 is 2.32 bits per heavy atom. The number of carbonyl (C=O) groups excluding carboxylic acids is 1. The lowest BCUT2D eigenvalue weighted by molar-refractivity contribution is -0.132. The molecule has 0 aliphatic carbocycles. The van der Waals surface area contributed by atoms with Gasteiger partial charge in [0.2, 0.25) is 5.91 Å². The molecule has 5 nitrogen and oxygen atoms in total. The number of phenolic OH excluding ortho intramolecular Hbond substituents is 1. The summed E-state index contributed by atoms with van der Waals surface area (Å²) in [6, 6.07) is 17.5. The maximum Gasteiger partial charge on any atom is 0.236 e. The quantitative estimate of drug-likeness (QED) is 0.907. The predicted octanol–water partition coefficient (Wildman–Crippen LogP) is 2.17. The summed E-state index contributed by atoms with van der Waals surface area (Å²) in [7, 11) is 1.98. The van der Waals surface area contributed by atoms with Gasteiger partial charge in [0.25, 0.3) is 0 Å². The van der Waals surface area contributed by atoms with Crippen molar-refractivity contribution in [1.82, 2.24) is 9.80 Å². The summed E-state index contributed by atoms with van der Waals surface area (Å²) in [5.41, 5.74) is 2.05. The molecule has 1 N–H and O–H groups in total. The number of piperazine rings is 1. The Bertz CT molecular complexity index is 697. The lowest BCUT2D eigenvalue weighted by Crippen LogP contribution is -2.51. The lowest BCUT2D eigenvalue weighted by atomic mass is 10.2. The van der Waals surface area contributed by atoms with Crippen LogP contribution in [0.5, 0.6) is 5.75 Å². The largest absolute Gasteiger partial charge is 0.506 e. The Labute approximate surface area is 149 Å². The zero-order valence-corrected chi connectivity index (χ0v) is 14.6. The fourth-order valence-electron chi connectivity index (χ4n) is 3.21. The fourth-order valence-corrected chi connectivity index (χ4v) is 3.21. The molecule has 1 saturated heterocycles. The number of likely N-dealkylation sites (N-methyl/N-ethyl adjacent to an activating group) is 1. The summed E-state index contributed by atoms with van der Waals surface area (Å²) in [6.07, 6.45) is 0. The average Bonchev–Trinajstić information content (AvgIpc) is 2.63. The number of nitrogens with zero attached hydrogens (tertiary/aromatic N) is 3. The highest BCUT2D eigenvalue weighted by Gasteiger charge is 2.23. The highest BCUT2D eigenvalue weighted by Crippen LogP contribution is 2.27. The molecule has 0 radical (unpaired) electrons. The van der Waals surface area contributed by atoms with Crippen LogP contribution in [0.1, 0.15) is 5.56 Å². The summed E-state index contributed by atoms with van der Waals surface area (Å²) < 4.78 is 0. The predicted molar refractivity (Wildman–Crippen MR) is 99.7 cm³/mol. The molecule has 5 heteroatoms. The third-order valence-electron chi connectivity index (χ3n) is 4.56. The summed E-state index contributed by atoms with van der Waals surface area (Å²) in [6.45, 7) is 4.05. The number of rotatable bonds is 5. The maximum absolute atomic E-state index is 12.5. The van der Waals surface area contributed by atoms with E-state index in [4.69, 9.17) is 0 Å².